The summed E-state index contributed by atoms with van der Waals surface area (Å²) in [5, 5.41) is 9.98. The average Bonchev–Trinajstić information content (AvgIpc) is 2.61. The lowest BCUT2D eigenvalue weighted by Crippen LogP contribution is -2.08. The van der Waals surface area contributed by atoms with Crippen molar-refractivity contribution in [1.82, 2.24) is 0 Å². The highest BCUT2D eigenvalue weighted by molar-refractivity contribution is 6.07. The number of ether oxygens (including phenoxy) is 1. The summed E-state index contributed by atoms with van der Waals surface area (Å²) in [4.78, 5) is 14.3. The monoisotopic (exact) mass is 337 g/mol. The van der Waals surface area contributed by atoms with Gasteiger partial charge in [-0.1, -0.05) is 6.08 Å². The van der Waals surface area contributed by atoms with Gasteiger partial charge in [0.25, 0.3) is 0 Å². The number of carbonyl (C=O) groups is 1. The summed E-state index contributed by atoms with van der Waals surface area (Å²) >= 11 is 0. The largest absolute Gasteiger partial charge is 0.508 e. The van der Waals surface area contributed by atoms with Crippen LogP contribution < -0.4 is 9.64 Å². The van der Waals surface area contributed by atoms with Crippen LogP contribution in [0.2, 0.25) is 0 Å². The second kappa shape index (κ2) is 8.20. The standard InChI is InChI=1S/C21H23NO3/c1-5-6-16-13-17(21(25-4)14-20(16)24)9-12-19(23)15-7-10-18(11-8-15)22(2)3/h5,7-14,24H,1,6H2,2-4H3/b12-9+. The second-order valence-electron chi connectivity index (χ2n) is 5.85. The number of methoxy groups -OCH3 is 1. The van der Waals surface area contributed by atoms with Crippen molar-refractivity contribution in [3.05, 3.63) is 71.8 Å². The first-order chi connectivity index (χ1) is 12.0. The van der Waals surface area contributed by atoms with E-state index >= 15 is 0 Å². The van der Waals surface area contributed by atoms with Gasteiger partial charge in [0.05, 0.1) is 7.11 Å². The highest BCUT2D eigenvalue weighted by atomic mass is 16.5. The van der Waals surface area contributed by atoms with Crippen LogP contribution in [0.5, 0.6) is 11.5 Å². The average molecular weight is 337 g/mol. The minimum Gasteiger partial charge on any atom is -0.508 e. The van der Waals surface area contributed by atoms with Gasteiger partial charge < -0.3 is 14.7 Å². The van der Waals surface area contributed by atoms with E-state index in [1.165, 1.54) is 13.2 Å². The van der Waals surface area contributed by atoms with E-state index in [-0.39, 0.29) is 11.5 Å². The molecule has 0 unspecified atom stereocenters. The third-order valence-corrected chi connectivity index (χ3v) is 3.88. The van der Waals surface area contributed by atoms with E-state index in [0.717, 1.165) is 16.8 Å². The number of allylic oxidation sites excluding steroid dienone is 2. The Kier molecular flexibility index (Phi) is 6.01. The molecule has 0 heterocycles. The zero-order valence-corrected chi connectivity index (χ0v) is 14.8. The molecule has 0 fully saturated rings. The number of nitrogens with zero attached hydrogens (tertiary/aromatic N) is 1. The van der Waals surface area contributed by atoms with Crippen LogP contribution in [-0.4, -0.2) is 32.1 Å². The summed E-state index contributed by atoms with van der Waals surface area (Å²) in [5.74, 6) is 0.572. The summed E-state index contributed by atoms with van der Waals surface area (Å²) in [7, 11) is 5.43. The molecule has 0 radical (unpaired) electrons. The Hall–Kier alpha value is -3.01. The van der Waals surface area contributed by atoms with Gasteiger partial charge in [-0.15, -0.1) is 6.58 Å². The van der Waals surface area contributed by atoms with E-state index in [4.69, 9.17) is 4.74 Å². The number of benzene rings is 2. The molecule has 0 aliphatic carbocycles. The van der Waals surface area contributed by atoms with Gasteiger partial charge in [0.15, 0.2) is 5.78 Å². The molecule has 0 saturated carbocycles. The molecule has 0 aliphatic rings. The number of rotatable bonds is 7. The van der Waals surface area contributed by atoms with Crippen LogP contribution in [0, 0.1) is 0 Å². The number of phenols is 1. The molecule has 2 aromatic carbocycles. The fourth-order valence-electron chi connectivity index (χ4n) is 2.44. The van der Waals surface area contributed by atoms with Gasteiger partial charge in [0.1, 0.15) is 11.5 Å². The SMILES string of the molecule is C=CCc1cc(/C=C/C(=O)c2ccc(N(C)C)cc2)c(OC)cc1O. The van der Waals surface area contributed by atoms with Crippen LogP contribution in [0.4, 0.5) is 5.69 Å². The van der Waals surface area contributed by atoms with Gasteiger partial charge in [-0.2, -0.15) is 0 Å². The predicted molar refractivity (Wildman–Crippen MR) is 103 cm³/mol. The Bertz CT molecular complexity index is 790. The number of aromatic hydroxyl groups is 1. The summed E-state index contributed by atoms with van der Waals surface area (Å²) in [6.07, 6.45) is 5.47. The van der Waals surface area contributed by atoms with Crippen LogP contribution in [0.1, 0.15) is 21.5 Å². The van der Waals surface area contributed by atoms with E-state index in [2.05, 4.69) is 6.58 Å². The zero-order chi connectivity index (χ0) is 18.4. The number of ketones is 1. The van der Waals surface area contributed by atoms with Crippen LogP contribution >= 0.6 is 0 Å². The molecular weight excluding hydrogens is 314 g/mol. The predicted octanol–water partition coefficient (Wildman–Crippen LogP) is 4.09. The van der Waals surface area contributed by atoms with Crippen molar-refractivity contribution in [2.75, 3.05) is 26.1 Å². The lowest BCUT2D eigenvalue weighted by Gasteiger charge is -2.12. The van der Waals surface area contributed by atoms with Crippen molar-refractivity contribution in [2.45, 2.75) is 6.42 Å². The number of hydrogen-bond donors (Lipinski definition) is 1. The van der Waals surface area contributed by atoms with Crippen LogP contribution in [-0.2, 0) is 6.42 Å². The summed E-state index contributed by atoms with van der Waals surface area (Å²) in [6.45, 7) is 3.68. The van der Waals surface area contributed by atoms with Crippen LogP contribution in [0.25, 0.3) is 6.08 Å². The van der Waals surface area contributed by atoms with Crippen molar-refractivity contribution in [3.8, 4) is 11.5 Å². The molecule has 0 aromatic heterocycles. The zero-order valence-electron chi connectivity index (χ0n) is 14.8. The molecule has 2 rings (SSSR count). The second-order valence-corrected chi connectivity index (χ2v) is 5.85. The Morgan fingerprint density at radius 3 is 2.48 bits per heavy atom. The van der Waals surface area contributed by atoms with Gasteiger partial charge >= 0.3 is 0 Å². The molecule has 0 spiro atoms. The van der Waals surface area contributed by atoms with Crippen molar-refractivity contribution < 1.29 is 14.6 Å². The maximum absolute atomic E-state index is 12.4. The Balaban J connectivity index is 2.26. The van der Waals surface area contributed by atoms with Crippen molar-refractivity contribution >= 4 is 17.5 Å². The minimum absolute atomic E-state index is 0.0919. The van der Waals surface area contributed by atoms with E-state index < -0.39 is 0 Å². The third-order valence-electron chi connectivity index (χ3n) is 3.88. The van der Waals surface area contributed by atoms with E-state index in [1.54, 1.807) is 36.4 Å². The summed E-state index contributed by atoms with van der Waals surface area (Å²) in [5.41, 5.74) is 3.12. The molecule has 0 saturated heterocycles. The smallest absolute Gasteiger partial charge is 0.185 e. The summed E-state index contributed by atoms with van der Waals surface area (Å²) in [6, 6.07) is 10.8. The highest BCUT2D eigenvalue weighted by Gasteiger charge is 2.08. The maximum atomic E-state index is 12.4. The van der Waals surface area contributed by atoms with Gasteiger partial charge in [0.2, 0.25) is 0 Å². The quantitative estimate of drug-likeness (QED) is 0.470. The molecule has 1 N–H and O–H groups in total. The number of hydrogen-bond acceptors (Lipinski definition) is 4. The lowest BCUT2D eigenvalue weighted by molar-refractivity contribution is 0.104. The number of anilines is 1. The number of phenolic OH excluding ortho intramolecular Hbond substituents is 1. The third kappa shape index (κ3) is 4.51. The molecule has 0 bridgehead atoms. The Labute approximate surface area is 148 Å². The molecule has 4 heteroatoms. The van der Waals surface area contributed by atoms with Gasteiger partial charge in [-0.3, -0.25) is 4.79 Å². The normalized spacial score (nSPS) is 10.7. The Morgan fingerprint density at radius 1 is 1.24 bits per heavy atom. The molecule has 0 aliphatic heterocycles. The first-order valence-electron chi connectivity index (χ1n) is 7.96. The van der Waals surface area contributed by atoms with Gasteiger partial charge in [-0.25, -0.2) is 0 Å². The van der Waals surface area contributed by atoms with Gasteiger partial charge in [0, 0.05) is 37.0 Å². The first-order valence-corrected chi connectivity index (χ1v) is 7.96. The van der Waals surface area contributed by atoms with Crippen molar-refractivity contribution in [1.29, 1.82) is 0 Å². The fraction of sp³-hybridized carbons (Fsp3) is 0.190. The van der Waals surface area contributed by atoms with Crippen LogP contribution in [0.3, 0.4) is 0 Å². The molecule has 130 valence electrons. The maximum Gasteiger partial charge on any atom is 0.185 e. The fourth-order valence-corrected chi connectivity index (χ4v) is 2.44. The molecule has 4 nitrogen and oxygen atoms in total. The topological polar surface area (TPSA) is 49.8 Å². The highest BCUT2D eigenvalue weighted by Crippen LogP contribution is 2.30. The van der Waals surface area contributed by atoms with Crippen molar-refractivity contribution in [3.63, 3.8) is 0 Å². The Morgan fingerprint density at radius 2 is 1.92 bits per heavy atom. The first kappa shape index (κ1) is 18.3. The van der Waals surface area contributed by atoms with Crippen LogP contribution in [0.15, 0.2) is 55.1 Å². The summed E-state index contributed by atoms with van der Waals surface area (Å²) < 4.78 is 5.29. The molecule has 0 amide bonds. The molecule has 0 atom stereocenters. The molecular formula is C21H23NO3. The van der Waals surface area contributed by atoms with Crippen molar-refractivity contribution in [2.24, 2.45) is 0 Å². The number of carbonyl (C=O) groups excluding carboxylic acids is 1. The van der Waals surface area contributed by atoms with E-state index in [1.807, 2.05) is 31.1 Å². The molecule has 2 aromatic rings. The van der Waals surface area contributed by atoms with E-state index in [9.17, 15) is 9.90 Å². The lowest BCUT2D eigenvalue weighted by atomic mass is 10.0. The van der Waals surface area contributed by atoms with E-state index in [0.29, 0.717) is 17.7 Å². The molecule has 25 heavy (non-hydrogen) atoms. The van der Waals surface area contributed by atoms with Gasteiger partial charge in [-0.05, 0) is 54.5 Å². The minimum atomic E-state index is -0.0919.